The number of nitro benzene ring substituents is 1. The third-order valence-corrected chi connectivity index (χ3v) is 3.46. The monoisotopic (exact) mass is 342 g/mol. The van der Waals surface area contributed by atoms with Crippen molar-refractivity contribution in [3.05, 3.63) is 52.0 Å². The lowest BCUT2D eigenvalue weighted by Gasteiger charge is -2.07. The first-order chi connectivity index (χ1) is 12.0. The van der Waals surface area contributed by atoms with Gasteiger partial charge in [-0.25, -0.2) is 14.8 Å². The number of carbonyl (C=O) groups is 1. The Labute approximate surface area is 141 Å². The molecule has 0 aliphatic heterocycles. The summed E-state index contributed by atoms with van der Waals surface area (Å²) < 4.78 is 10.6. The first kappa shape index (κ1) is 16.4. The van der Waals surface area contributed by atoms with Crippen molar-refractivity contribution in [2.75, 3.05) is 11.9 Å². The smallest absolute Gasteiger partial charge is 0.342 e. The zero-order valence-corrected chi connectivity index (χ0v) is 13.5. The molecule has 3 rings (SSSR count). The van der Waals surface area contributed by atoms with E-state index in [4.69, 9.17) is 9.15 Å². The molecule has 0 saturated heterocycles. The molecular weight excluding hydrogens is 328 g/mol. The molecule has 0 bridgehead atoms. The van der Waals surface area contributed by atoms with Crippen LogP contribution >= 0.6 is 0 Å². The highest BCUT2D eigenvalue weighted by molar-refractivity contribution is 6.08. The van der Waals surface area contributed by atoms with Gasteiger partial charge < -0.3 is 14.5 Å². The molecule has 1 aromatic carbocycles. The minimum Gasteiger partial charge on any atom is -0.462 e. The van der Waals surface area contributed by atoms with Crippen molar-refractivity contribution in [3.63, 3.8) is 0 Å². The van der Waals surface area contributed by atoms with Crippen LogP contribution in [-0.4, -0.2) is 27.5 Å². The molecule has 0 unspecified atom stereocenters. The molecule has 0 amide bonds. The van der Waals surface area contributed by atoms with Crippen LogP contribution in [0, 0.1) is 17.0 Å². The van der Waals surface area contributed by atoms with Gasteiger partial charge in [-0.2, -0.15) is 0 Å². The van der Waals surface area contributed by atoms with E-state index in [1.54, 1.807) is 26.0 Å². The number of fused-ring (bicyclic) bond motifs is 1. The van der Waals surface area contributed by atoms with Gasteiger partial charge in [-0.1, -0.05) is 6.07 Å². The Balaban J connectivity index is 2.09. The number of esters is 1. The normalized spacial score (nSPS) is 10.6. The molecule has 9 heteroatoms. The Morgan fingerprint density at radius 3 is 2.92 bits per heavy atom. The topological polar surface area (TPSA) is 120 Å². The summed E-state index contributed by atoms with van der Waals surface area (Å²) in [6.45, 7) is 3.55. The second kappa shape index (κ2) is 6.56. The minimum atomic E-state index is -0.546. The van der Waals surface area contributed by atoms with Gasteiger partial charge in [0.2, 0.25) is 5.71 Å². The van der Waals surface area contributed by atoms with E-state index in [-0.39, 0.29) is 23.6 Å². The van der Waals surface area contributed by atoms with E-state index >= 15 is 0 Å². The van der Waals surface area contributed by atoms with Crippen molar-refractivity contribution in [2.45, 2.75) is 13.8 Å². The maximum absolute atomic E-state index is 12.2. The van der Waals surface area contributed by atoms with E-state index in [2.05, 4.69) is 15.3 Å². The Hall–Kier alpha value is -3.49. The van der Waals surface area contributed by atoms with Crippen LogP contribution in [0.15, 0.2) is 35.0 Å². The molecule has 1 N–H and O–H groups in total. The number of aromatic nitrogens is 2. The van der Waals surface area contributed by atoms with Gasteiger partial charge in [-0.15, -0.1) is 0 Å². The number of nitrogens with one attached hydrogen (secondary N) is 1. The number of anilines is 2. The number of nitrogens with zero attached hydrogens (tertiary/aromatic N) is 3. The molecule has 0 saturated carbocycles. The fourth-order valence-electron chi connectivity index (χ4n) is 2.42. The van der Waals surface area contributed by atoms with E-state index in [0.29, 0.717) is 22.7 Å². The second-order valence-corrected chi connectivity index (χ2v) is 5.09. The predicted octanol–water partition coefficient (Wildman–Crippen LogP) is 3.36. The van der Waals surface area contributed by atoms with Gasteiger partial charge in [-0.05, 0) is 19.9 Å². The molecule has 2 aromatic heterocycles. The maximum atomic E-state index is 12.2. The number of non-ortho nitro benzene ring substituents is 1. The lowest BCUT2D eigenvalue weighted by atomic mass is 10.2. The largest absolute Gasteiger partial charge is 0.462 e. The number of benzene rings is 1. The van der Waals surface area contributed by atoms with Crippen LogP contribution in [0.2, 0.25) is 0 Å². The average molecular weight is 342 g/mol. The SMILES string of the molecule is CCOC(=O)c1c(C)oc2ncnc(Nc3cccc([N+](=O)[O-])c3)c12. The summed E-state index contributed by atoms with van der Waals surface area (Å²) >= 11 is 0. The number of hydrogen-bond donors (Lipinski definition) is 1. The predicted molar refractivity (Wildman–Crippen MR) is 88.9 cm³/mol. The Morgan fingerprint density at radius 2 is 2.20 bits per heavy atom. The summed E-state index contributed by atoms with van der Waals surface area (Å²) in [5.41, 5.74) is 0.834. The zero-order valence-electron chi connectivity index (χ0n) is 13.5. The summed E-state index contributed by atoms with van der Waals surface area (Å²) in [5.74, 6) is 0.108. The first-order valence-corrected chi connectivity index (χ1v) is 7.44. The second-order valence-electron chi connectivity index (χ2n) is 5.09. The van der Waals surface area contributed by atoms with Gasteiger partial charge in [-0.3, -0.25) is 10.1 Å². The molecule has 0 fully saturated rings. The molecule has 0 atom stereocenters. The van der Waals surface area contributed by atoms with Crippen LogP contribution in [0.1, 0.15) is 23.0 Å². The summed E-state index contributed by atoms with van der Waals surface area (Å²) in [5, 5.41) is 14.2. The maximum Gasteiger partial charge on any atom is 0.342 e. The molecule has 0 spiro atoms. The number of aryl methyl sites for hydroxylation is 1. The van der Waals surface area contributed by atoms with Gasteiger partial charge in [0.15, 0.2) is 0 Å². The highest BCUT2D eigenvalue weighted by Crippen LogP contribution is 2.31. The van der Waals surface area contributed by atoms with E-state index in [1.807, 2.05) is 0 Å². The average Bonchev–Trinajstić information content (AvgIpc) is 2.92. The molecular formula is C16H14N4O5. The van der Waals surface area contributed by atoms with Gasteiger partial charge in [0, 0.05) is 17.8 Å². The van der Waals surface area contributed by atoms with Crippen LogP contribution in [-0.2, 0) is 4.74 Å². The molecule has 2 heterocycles. The van der Waals surface area contributed by atoms with E-state index in [1.165, 1.54) is 18.5 Å². The Morgan fingerprint density at radius 1 is 1.40 bits per heavy atom. The number of rotatable bonds is 5. The van der Waals surface area contributed by atoms with Gasteiger partial charge in [0.1, 0.15) is 23.5 Å². The van der Waals surface area contributed by atoms with Crippen molar-refractivity contribution in [3.8, 4) is 0 Å². The summed E-state index contributed by atoms with van der Waals surface area (Å²) in [6, 6.07) is 5.95. The molecule has 3 aromatic rings. The van der Waals surface area contributed by atoms with Gasteiger partial charge in [0.05, 0.1) is 16.9 Å². The molecule has 25 heavy (non-hydrogen) atoms. The molecule has 0 aliphatic carbocycles. The highest BCUT2D eigenvalue weighted by Gasteiger charge is 2.24. The Kier molecular flexibility index (Phi) is 4.29. The lowest BCUT2D eigenvalue weighted by molar-refractivity contribution is -0.384. The number of furan rings is 1. The minimum absolute atomic E-state index is 0.0655. The Bertz CT molecular complexity index is 966. The molecule has 0 radical (unpaired) electrons. The van der Waals surface area contributed by atoms with E-state index < -0.39 is 10.9 Å². The van der Waals surface area contributed by atoms with Crippen LogP contribution < -0.4 is 5.32 Å². The number of hydrogen-bond acceptors (Lipinski definition) is 8. The number of carbonyl (C=O) groups excluding carboxylic acids is 1. The van der Waals surface area contributed by atoms with Gasteiger partial charge in [0.25, 0.3) is 5.69 Å². The van der Waals surface area contributed by atoms with Crippen LogP contribution in [0.25, 0.3) is 11.1 Å². The van der Waals surface area contributed by atoms with Crippen molar-refractivity contribution < 1.29 is 18.9 Å². The fourth-order valence-corrected chi connectivity index (χ4v) is 2.42. The molecule has 9 nitrogen and oxygen atoms in total. The molecule has 0 aliphatic rings. The summed E-state index contributed by atoms with van der Waals surface area (Å²) in [4.78, 5) is 30.8. The standard InChI is InChI=1S/C16H14N4O5/c1-3-24-16(21)12-9(2)25-15-13(12)14(17-8-18-15)19-10-5-4-6-11(7-10)20(22)23/h4-8H,3H2,1-2H3,(H,17,18,19). The van der Waals surface area contributed by atoms with Crippen LogP contribution in [0.4, 0.5) is 17.2 Å². The van der Waals surface area contributed by atoms with Crippen molar-refractivity contribution in [1.29, 1.82) is 0 Å². The van der Waals surface area contributed by atoms with E-state index in [9.17, 15) is 14.9 Å². The first-order valence-electron chi connectivity index (χ1n) is 7.44. The summed E-state index contributed by atoms with van der Waals surface area (Å²) in [6.07, 6.45) is 1.28. The quantitative estimate of drug-likeness (QED) is 0.425. The number of nitro groups is 1. The third kappa shape index (κ3) is 3.11. The van der Waals surface area contributed by atoms with Gasteiger partial charge >= 0.3 is 5.97 Å². The molecule has 128 valence electrons. The summed E-state index contributed by atoms with van der Waals surface area (Å²) in [7, 11) is 0. The fraction of sp³-hybridized carbons (Fsp3) is 0.188. The zero-order chi connectivity index (χ0) is 18.0. The van der Waals surface area contributed by atoms with Crippen molar-refractivity contribution >= 4 is 34.3 Å². The highest BCUT2D eigenvalue weighted by atomic mass is 16.6. The van der Waals surface area contributed by atoms with Crippen molar-refractivity contribution in [2.24, 2.45) is 0 Å². The van der Waals surface area contributed by atoms with Crippen LogP contribution in [0.3, 0.4) is 0 Å². The van der Waals surface area contributed by atoms with E-state index in [0.717, 1.165) is 0 Å². The van der Waals surface area contributed by atoms with Crippen LogP contribution in [0.5, 0.6) is 0 Å². The lowest BCUT2D eigenvalue weighted by Crippen LogP contribution is -2.06. The number of ether oxygens (including phenoxy) is 1. The third-order valence-electron chi connectivity index (χ3n) is 3.46. The van der Waals surface area contributed by atoms with Crippen molar-refractivity contribution in [1.82, 2.24) is 9.97 Å².